The first-order valence-electron chi connectivity index (χ1n) is 8.44. The SMILES string of the molecule is CC(=O)c1ccc(OCc2ccc(C(O)c3ccccc3)cc2)c(Cl)c1O. The molecular formula is C22H19ClO4. The summed E-state index contributed by atoms with van der Waals surface area (Å²) in [7, 11) is 0. The fourth-order valence-electron chi connectivity index (χ4n) is 2.73. The van der Waals surface area contributed by atoms with Gasteiger partial charge < -0.3 is 14.9 Å². The molecule has 3 rings (SSSR count). The molecule has 0 saturated carbocycles. The Bertz CT molecular complexity index is 937. The molecule has 0 spiro atoms. The maximum absolute atomic E-state index is 11.4. The van der Waals surface area contributed by atoms with E-state index in [9.17, 15) is 15.0 Å². The fraction of sp³-hybridized carbons (Fsp3) is 0.136. The van der Waals surface area contributed by atoms with Crippen molar-refractivity contribution in [1.29, 1.82) is 0 Å². The van der Waals surface area contributed by atoms with E-state index in [2.05, 4.69) is 0 Å². The third-order valence-electron chi connectivity index (χ3n) is 4.27. The van der Waals surface area contributed by atoms with Crippen LogP contribution in [0.1, 0.15) is 40.1 Å². The van der Waals surface area contributed by atoms with Gasteiger partial charge in [0, 0.05) is 0 Å². The predicted molar refractivity (Wildman–Crippen MR) is 104 cm³/mol. The number of carbonyl (C=O) groups is 1. The van der Waals surface area contributed by atoms with Crippen LogP contribution in [0, 0.1) is 0 Å². The molecule has 2 N–H and O–H groups in total. The number of carbonyl (C=O) groups excluding carboxylic acids is 1. The molecule has 0 radical (unpaired) electrons. The number of aliphatic hydroxyl groups excluding tert-OH is 1. The van der Waals surface area contributed by atoms with Crippen LogP contribution >= 0.6 is 11.6 Å². The van der Waals surface area contributed by atoms with Gasteiger partial charge in [0.1, 0.15) is 29.2 Å². The van der Waals surface area contributed by atoms with Gasteiger partial charge in [-0.2, -0.15) is 0 Å². The summed E-state index contributed by atoms with van der Waals surface area (Å²) in [5.74, 6) is -0.246. The Hall–Kier alpha value is -2.82. The average Bonchev–Trinajstić information content (AvgIpc) is 2.69. The predicted octanol–water partition coefficient (Wildman–Crippen LogP) is 4.91. The topological polar surface area (TPSA) is 66.8 Å². The third-order valence-corrected chi connectivity index (χ3v) is 4.63. The summed E-state index contributed by atoms with van der Waals surface area (Å²) >= 11 is 6.08. The van der Waals surface area contributed by atoms with Gasteiger partial charge in [-0.3, -0.25) is 4.79 Å². The Morgan fingerprint density at radius 2 is 1.63 bits per heavy atom. The molecule has 5 heteroatoms. The van der Waals surface area contributed by atoms with Crippen LogP contribution in [-0.4, -0.2) is 16.0 Å². The zero-order valence-corrected chi connectivity index (χ0v) is 15.5. The minimum absolute atomic E-state index is 0.0128. The van der Waals surface area contributed by atoms with Crippen molar-refractivity contribution in [3.05, 3.63) is 94.0 Å². The average molecular weight is 383 g/mol. The summed E-state index contributed by atoms with van der Waals surface area (Å²) in [5.41, 5.74) is 2.65. The molecule has 138 valence electrons. The zero-order chi connectivity index (χ0) is 19.4. The lowest BCUT2D eigenvalue weighted by molar-refractivity contribution is 0.101. The highest BCUT2D eigenvalue weighted by atomic mass is 35.5. The molecule has 0 fully saturated rings. The Morgan fingerprint density at radius 3 is 2.26 bits per heavy atom. The molecule has 0 saturated heterocycles. The number of hydrogen-bond donors (Lipinski definition) is 2. The van der Waals surface area contributed by atoms with Crippen LogP contribution in [0.15, 0.2) is 66.7 Å². The van der Waals surface area contributed by atoms with Crippen LogP contribution in [0.5, 0.6) is 11.5 Å². The van der Waals surface area contributed by atoms with Crippen molar-refractivity contribution in [3.8, 4) is 11.5 Å². The molecule has 0 aliphatic carbocycles. The van der Waals surface area contributed by atoms with Gasteiger partial charge in [0.2, 0.25) is 0 Å². The second kappa shape index (κ2) is 8.25. The van der Waals surface area contributed by atoms with Crippen LogP contribution in [0.2, 0.25) is 5.02 Å². The lowest BCUT2D eigenvalue weighted by Gasteiger charge is -2.13. The van der Waals surface area contributed by atoms with E-state index in [1.54, 1.807) is 6.07 Å². The Balaban J connectivity index is 1.69. The highest BCUT2D eigenvalue weighted by molar-refractivity contribution is 6.34. The molecular weight excluding hydrogens is 364 g/mol. The lowest BCUT2D eigenvalue weighted by atomic mass is 10.0. The molecule has 0 heterocycles. The standard InChI is InChI=1S/C22H19ClO4/c1-14(24)18-11-12-19(20(23)22(18)26)27-13-15-7-9-17(10-8-15)21(25)16-5-3-2-4-6-16/h2-12,21,25-26H,13H2,1H3. The van der Waals surface area contributed by atoms with Crippen LogP contribution in [0.3, 0.4) is 0 Å². The summed E-state index contributed by atoms with van der Waals surface area (Å²) in [6.07, 6.45) is -0.688. The number of halogens is 1. The quantitative estimate of drug-likeness (QED) is 0.594. The number of ether oxygens (including phenoxy) is 1. The number of aromatic hydroxyl groups is 1. The first kappa shape index (κ1) is 19.0. The smallest absolute Gasteiger partial charge is 0.163 e. The molecule has 1 atom stereocenters. The van der Waals surface area contributed by atoms with E-state index in [0.717, 1.165) is 16.7 Å². The third kappa shape index (κ3) is 4.30. The maximum Gasteiger partial charge on any atom is 0.163 e. The summed E-state index contributed by atoms with van der Waals surface area (Å²) in [6.45, 7) is 1.59. The number of rotatable bonds is 6. The Kier molecular flexibility index (Phi) is 5.79. The summed E-state index contributed by atoms with van der Waals surface area (Å²) in [6, 6.07) is 19.9. The van der Waals surface area contributed by atoms with Crippen LogP contribution in [0.4, 0.5) is 0 Å². The van der Waals surface area contributed by atoms with E-state index in [-0.39, 0.29) is 28.7 Å². The van der Waals surface area contributed by atoms with Crippen LogP contribution < -0.4 is 4.74 Å². The summed E-state index contributed by atoms with van der Waals surface area (Å²) in [5, 5.41) is 20.4. The highest BCUT2D eigenvalue weighted by Crippen LogP contribution is 2.36. The van der Waals surface area contributed by atoms with Gasteiger partial charge in [-0.15, -0.1) is 0 Å². The van der Waals surface area contributed by atoms with Crippen molar-refractivity contribution in [3.63, 3.8) is 0 Å². The monoisotopic (exact) mass is 382 g/mol. The molecule has 0 aliphatic rings. The molecule has 0 aliphatic heterocycles. The van der Waals surface area contributed by atoms with Crippen molar-refractivity contribution in [2.24, 2.45) is 0 Å². The van der Waals surface area contributed by atoms with Gasteiger partial charge in [0.05, 0.1) is 5.56 Å². The number of aliphatic hydroxyl groups is 1. The van der Waals surface area contributed by atoms with E-state index in [0.29, 0.717) is 5.75 Å². The summed E-state index contributed by atoms with van der Waals surface area (Å²) < 4.78 is 5.66. The van der Waals surface area contributed by atoms with Crippen molar-refractivity contribution in [2.45, 2.75) is 19.6 Å². The van der Waals surface area contributed by atoms with E-state index in [1.807, 2.05) is 54.6 Å². The van der Waals surface area contributed by atoms with Gasteiger partial charge in [-0.25, -0.2) is 0 Å². The minimum atomic E-state index is -0.688. The second-order valence-electron chi connectivity index (χ2n) is 6.17. The molecule has 0 bridgehead atoms. The first-order valence-corrected chi connectivity index (χ1v) is 8.82. The Morgan fingerprint density at radius 1 is 1.00 bits per heavy atom. The number of phenolic OH excluding ortho intramolecular Hbond substituents is 1. The summed E-state index contributed by atoms with van der Waals surface area (Å²) in [4.78, 5) is 11.4. The fourth-order valence-corrected chi connectivity index (χ4v) is 2.95. The molecule has 3 aromatic rings. The number of hydrogen-bond acceptors (Lipinski definition) is 4. The molecule has 3 aromatic carbocycles. The molecule has 4 nitrogen and oxygen atoms in total. The molecule has 1 unspecified atom stereocenters. The van der Waals surface area contributed by atoms with Crippen molar-refractivity contribution in [2.75, 3.05) is 0 Å². The van der Waals surface area contributed by atoms with Gasteiger partial charge in [0.25, 0.3) is 0 Å². The zero-order valence-electron chi connectivity index (χ0n) is 14.7. The van der Waals surface area contributed by atoms with Gasteiger partial charge >= 0.3 is 0 Å². The molecule has 0 aromatic heterocycles. The molecule has 27 heavy (non-hydrogen) atoms. The van der Waals surface area contributed by atoms with E-state index in [1.165, 1.54) is 13.0 Å². The number of benzene rings is 3. The number of phenols is 1. The van der Waals surface area contributed by atoms with E-state index >= 15 is 0 Å². The van der Waals surface area contributed by atoms with Crippen molar-refractivity contribution in [1.82, 2.24) is 0 Å². The minimum Gasteiger partial charge on any atom is -0.505 e. The first-order chi connectivity index (χ1) is 13.0. The van der Waals surface area contributed by atoms with E-state index < -0.39 is 6.10 Å². The van der Waals surface area contributed by atoms with Crippen molar-refractivity contribution >= 4 is 17.4 Å². The normalized spacial score (nSPS) is 11.8. The van der Waals surface area contributed by atoms with Crippen LogP contribution in [-0.2, 0) is 6.61 Å². The van der Waals surface area contributed by atoms with E-state index in [4.69, 9.17) is 16.3 Å². The van der Waals surface area contributed by atoms with Gasteiger partial charge in [-0.05, 0) is 35.7 Å². The van der Waals surface area contributed by atoms with Gasteiger partial charge in [0.15, 0.2) is 5.78 Å². The Labute approximate surface area is 162 Å². The van der Waals surface area contributed by atoms with Crippen molar-refractivity contribution < 1.29 is 19.7 Å². The molecule has 0 amide bonds. The largest absolute Gasteiger partial charge is 0.505 e. The van der Waals surface area contributed by atoms with Gasteiger partial charge in [-0.1, -0.05) is 66.2 Å². The maximum atomic E-state index is 11.4. The highest BCUT2D eigenvalue weighted by Gasteiger charge is 2.15. The lowest BCUT2D eigenvalue weighted by Crippen LogP contribution is -2.01. The number of Topliss-reactive ketones (excluding diaryl/α,β-unsaturated/α-hetero) is 1. The van der Waals surface area contributed by atoms with Crippen LogP contribution in [0.25, 0.3) is 0 Å². The second-order valence-corrected chi connectivity index (χ2v) is 6.55. The number of ketones is 1.